The molecule has 0 spiro atoms. The van der Waals surface area contributed by atoms with E-state index in [0.29, 0.717) is 23.4 Å². The molecule has 27 heavy (non-hydrogen) atoms. The van der Waals surface area contributed by atoms with Crippen LogP contribution < -0.4 is 15.4 Å². The van der Waals surface area contributed by atoms with Crippen LogP contribution >= 0.6 is 11.8 Å². The smallest absolute Gasteiger partial charge is 0.251 e. The summed E-state index contributed by atoms with van der Waals surface area (Å²) >= 11 is 1.54. The highest BCUT2D eigenvalue weighted by Gasteiger charge is 2.23. The first-order valence-electron chi connectivity index (χ1n) is 8.70. The normalized spacial score (nSPS) is 13.1. The maximum atomic E-state index is 12.5. The lowest BCUT2D eigenvalue weighted by molar-refractivity contribution is -0.117. The number of hydrogen-bond acceptors (Lipinski definition) is 5. The largest absolute Gasteiger partial charge is 0.347 e. The van der Waals surface area contributed by atoms with Gasteiger partial charge in [-0.2, -0.15) is 11.8 Å². The summed E-state index contributed by atoms with van der Waals surface area (Å²) in [5.74, 6) is -0.0639. The zero-order valence-electron chi connectivity index (χ0n) is 16.5. The summed E-state index contributed by atoms with van der Waals surface area (Å²) in [4.78, 5) is 24.6. The summed E-state index contributed by atoms with van der Waals surface area (Å²) in [5.41, 5.74) is 0.635. The van der Waals surface area contributed by atoms with E-state index in [2.05, 4.69) is 15.4 Å². The van der Waals surface area contributed by atoms with E-state index in [1.807, 2.05) is 27.0 Å². The van der Waals surface area contributed by atoms with E-state index >= 15 is 0 Å². The van der Waals surface area contributed by atoms with E-state index in [9.17, 15) is 18.0 Å². The van der Waals surface area contributed by atoms with Crippen molar-refractivity contribution in [2.24, 2.45) is 0 Å². The van der Waals surface area contributed by atoms with Crippen molar-refractivity contribution in [3.05, 3.63) is 29.8 Å². The second-order valence-electron chi connectivity index (χ2n) is 7.13. The number of carbonyl (C=O) groups excluding carboxylic acids is 2. The Bertz CT molecular complexity index is 741. The lowest BCUT2D eigenvalue weighted by atomic mass is 10.1. The molecule has 0 aliphatic carbocycles. The number of nitrogens with one attached hydrogen (secondary N) is 3. The van der Waals surface area contributed by atoms with Gasteiger partial charge < -0.3 is 10.6 Å². The van der Waals surface area contributed by atoms with Gasteiger partial charge in [-0.1, -0.05) is 0 Å². The van der Waals surface area contributed by atoms with E-state index in [4.69, 9.17) is 0 Å². The molecule has 152 valence electrons. The molecule has 1 rings (SSSR count). The maximum absolute atomic E-state index is 12.5. The number of thioether (sulfide) groups is 1. The van der Waals surface area contributed by atoms with Crippen LogP contribution in [0.3, 0.4) is 0 Å². The summed E-state index contributed by atoms with van der Waals surface area (Å²) in [6.07, 6.45) is 2.28. The molecular weight excluding hydrogens is 386 g/mol. The van der Waals surface area contributed by atoms with Gasteiger partial charge in [-0.3, -0.25) is 9.59 Å². The van der Waals surface area contributed by atoms with Crippen molar-refractivity contribution in [2.75, 3.05) is 23.1 Å². The molecule has 0 saturated carbocycles. The van der Waals surface area contributed by atoms with Crippen molar-refractivity contribution in [3.63, 3.8) is 0 Å². The molecule has 1 aromatic carbocycles. The van der Waals surface area contributed by atoms with Crippen molar-refractivity contribution in [1.82, 2.24) is 10.0 Å². The highest BCUT2D eigenvalue weighted by atomic mass is 32.2. The van der Waals surface area contributed by atoms with Crippen molar-refractivity contribution >= 4 is 39.3 Å². The second-order valence-corrected chi connectivity index (χ2v) is 10.2. The zero-order chi connectivity index (χ0) is 20.7. The molecule has 0 aliphatic rings. The molecular formula is C18H29N3O4S2. The molecule has 0 radical (unpaired) electrons. The summed E-state index contributed by atoms with van der Waals surface area (Å²) in [5, 5.41) is 5.57. The molecule has 0 unspecified atom stereocenters. The highest BCUT2D eigenvalue weighted by molar-refractivity contribution is 7.98. The van der Waals surface area contributed by atoms with Gasteiger partial charge in [-0.05, 0) is 70.4 Å². The molecule has 7 nitrogen and oxygen atoms in total. The Morgan fingerprint density at radius 2 is 1.74 bits per heavy atom. The Morgan fingerprint density at radius 1 is 1.15 bits per heavy atom. The van der Waals surface area contributed by atoms with Crippen LogP contribution in [0.5, 0.6) is 0 Å². The van der Waals surface area contributed by atoms with Crippen LogP contribution in [-0.4, -0.2) is 49.6 Å². The van der Waals surface area contributed by atoms with Gasteiger partial charge in [0.05, 0.1) is 5.75 Å². The number of benzene rings is 1. The minimum absolute atomic E-state index is 0.0896. The van der Waals surface area contributed by atoms with Crippen LogP contribution in [0, 0.1) is 0 Å². The molecule has 3 N–H and O–H groups in total. The molecule has 1 atom stereocenters. The predicted octanol–water partition coefficient (Wildman–Crippen LogP) is 2.21. The molecule has 0 heterocycles. The topological polar surface area (TPSA) is 104 Å². The molecule has 0 aliphatic heterocycles. The molecule has 0 bridgehead atoms. The molecule has 2 amide bonds. The quantitative estimate of drug-likeness (QED) is 0.574. The van der Waals surface area contributed by atoms with E-state index in [1.165, 1.54) is 18.7 Å². The first kappa shape index (κ1) is 23.5. The molecule has 1 aromatic rings. The van der Waals surface area contributed by atoms with E-state index in [0.717, 1.165) is 0 Å². The van der Waals surface area contributed by atoms with Crippen LogP contribution in [0.15, 0.2) is 24.3 Å². The van der Waals surface area contributed by atoms with Gasteiger partial charge in [-0.25, -0.2) is 13.1 Å². The number of rotatable bonds is 9. The lowest BCUT2D eigenvalue weighted by Gasteiger charge is -2.20. The minimum Gasteiger partial charge on any atom is -0.347 e. The second kappa shape index (κ2) is 10.1. The average Bonchev–Trinajstić information content (AvgIpc) is 2.57. The molecule has 0 saturated heterocycles. The fourth-order valence-corrected chi connectivity index (χ4v) is 3.42. The van der Waals surface area contributed by atoms with Gasteiger partial charge in [0, 0.05) is 16.8 Å². The third-order valence-electron chi connectivity index (χ3n) is 3.53. The van der Waals surface area contributed by atoms with Crippen molar-refractivity contribution in [1.29, 1.82) is 0 Å². The fraction of sp³-hybridized carbons (Fsp3) is 0.556. The SMILES string of the molecule is CCS(=O)(=O)N[C@@H](CCSC)C(=O)Nc1ccc(C(=O)NC(C)(C)C)cc1. The van der Waals surface area contributed by atoms with Gasteiger partial charge in [0.2, 0.25) is 15.9 Å². The van der Waals surface area contributed by atoms with Gasteiger partial charge in [0.15, 0.2) is 0 Å². The van der Waals surface area contributed by atoms with Crippen LogP contribution in [0.4, 0.5) is 5.69 Å². The Hall–Kier alpha value is -1.58. The maximum Gasteiger partial charge on any atom is 0.251 e. The third kappa shape index (κ3) is 8.77. The van der Waals surface area contributed by atoms with Gasteiger partial charge in [0.1, 0.15) is 6.04 Å². The number of anilines is 1. The van der Waals surface area contributed by atoms with Crippen LogP contribution in [-0.2, 0) is 14.8 Å². The van der Waals surface area contributed by atoms with Crippen molar-refractivity contribution in [3.8, 4) is 0 Å². The highest BCUT2D eigenvalue weighted by Crippen LogP contribution is 2.13. The van der Waals surface area contributed by atoms with E-state index < -0.39 is 22.0 Å². The Morgan fingerprint density at radius 3 is 2.22 bits per heavy atom. The van der Waals surface area contributed by atoms with Crippen molar-refractivity contribution in [2.45, 2.75) is 45.7 Å². The Labute approximate surface area is 166 Å². The molecule has 9 heteroatoms. The first-order chi connectivity index (χ1) is 12.5. The number of amides is 2. The van der Waals surface area contributed by atoms with E-state index in [1.54, 1.807) is 24.3 Å². The van der Waals surface area contributed by atoms with Gasteiger partial charge in [-0.15, -0.1) is 0 Å². The summed E-state index contributed by atoms with van der Waals surface area (Å²) in [6.45, 7) is 7.20. The van der Waals surface area contributed by atoms with Crippen LogP contribution in [0.25, 0.3) is 0 Å². The number of sulfonamides is 1. The van der Waals surface area contributed by atoms with Gasteiger partial charge >= 0.3 is 0 Å². The average molecular weight is 416 g/mol. The van der Waals surface area contributed by atoms with Crippen LogP contribution in [0.1, 0.15) is 44.5 Å². The standard InChI is InChI=1S/C18H29N3O4S2/c1-6-27(24,25)21-15(11-12-26-5)17(23)19-14-9-7-13(8-10-14)16(22)20-18(2,3)4/h7-10,15,21H,6,11-12H2,1-5H3,(H,19,23)(H,20,22)/t15-/m0/s1. The van der Waals surface area contributed by atoms with Crippen molar-refractivity contribution < 1.29 is 18.0 Å². The molecule has 0 aromatic heterocycles. The third-order valence-corrected chi connectivity index (χ3v) is 5.58. The lowest BCUT2D eigenvalue weighted by Crippen LogP contribution is -2.44. The predicted molar refractivity (Wildman–Crippen MR) is 112 cm³/mol. The summed E-state index contributed by atoms with van der Waals surface area (Å²) in [7, 11) is -3.49. The van der Waals surface area contributed by atoms with E-state index in [-0.39, 0.29) is 17.2 Å². The molecule has 0 fully saturated rings. The zero-order valence-corrected chi connectivity index (χ0v) is 18.1. The van der Waals surface area contributed by atoms with Crippen LogP contribution in [0.2, 0.25) is 0 Å². The Kier molecular flexibility index (Phi) is 8.77. The minimum atomic E-state index is -3.49. The number of hydrogen-bond donors (Lipinski definition) is 3. The summed E-state index contributed by atoms with van der Waals surface area (Å²) in [6, 6.07) is 5.63. The first-order valence-corrected chi connectivity index (χ1v) is 11.7. The summed E-state index contributed by atoms with van der Waals surface area (Å²) < 4.78 is 26.1. The Balaban J connectivity index is 2.82. The van der Waals surface area contributed by atoms with Gasteiger partial charge in [0.25, 0.3) is 5.91 Å². The monoisotopic (exact) mass is 415 g/mol. The fourth-order valence-electron chi connectivity index (χ4n) is 2.13. The number of carbonyl (C=O) groups is 2.